The maximum atomic E-state index is 12.1. The third kappa shape index (κ3) is 3.80. The van der Waals surface area contributed by atoms with Crippen LogP contribution in [0.15, 0.2) is 18.2 Å². The number of sulfone groups is 1. The molecule has 0 saturated carbocycles. The number of nitrogens with one attached hydrogen (secondary N) is 2. The Hall–Kier alpha value is -1.40. The van der Waals surface area contributed by atoms with Gasteiger partial charge in [-0.25, -0.2) is 8.42 Å². The van der Waals surface area contributed by atoms with Gasteiger partial charge in [-0.2, -0.15) is 0 Å². The molecule has 0 radical (unpaired) electrons. The van der Waals surface area contributed by atoms with Crippen molar-refractivity contribution in [3.05, 3.63) is 29.3 Å². The Labute approximate surface area is 119 Å². The first-order valence-corrected chi connectivity index (χ1v) is 8.49. The Morgan fingerprint density at radius 3 is 2.60 bits per heavy atom. The van der Waals surface area contributed by atoms with Crippen molar-refractivity contribution in [1.82, 2.24) is 5.32 Å². The van der Waals surface area contributed by atoms with Crippen molar-refractivity contribution in [3.8, 4) is 0 Å². The molecule has 0 aromatic heterocycles. The molecule has 1 unspecified atom stereocenters. The summed E-state index contributed by atoms with van der Waals surface area (Å²) in [4.78, 5) is 12.1. The van der Waals surface area contributed by atoms with Gasteiger partial charge in [0.15, 0.2) is 9.84 Å². The van der Waals surface area contributed by atoms with E-state index >= 15 is 0 Å². The highest BCUT2D eigenvalue weighted by Crippen LogP contribution is 2.19. The molecule has 110 valence electrons. The average Bonchev–Trinajstić information content (AvgIpc) is 2.33. The summed E-state index contributed by atoms with van der Waals surface area (Å²) in [6.07, 6.45) is 0.174. The fourth-order valence-corrected chi connectivity index (χ4v) is 3.87. The third-order valence-electron chi connectivity index (χ3n) is 3.48. The Morgan fingerprint density at radius 2 is 2.00 bits per heavy atom. The van der Waals surface area contributed by atoms with Gasteiger partial charge in [0, 0.05) is 24.7 Å². The van der Waals surface area contributed by atoms with Gasteiger partial charge in [-0.05, 0) is 25.0 Å². The lowest BCUT2D eigenvalue weighted by atomic mass is 10.1. The van der Waals surface area contributed by atoms with E-state index in [0.29, 0.717) is 6.54 Å². The zero-order valence-electron chi connectivity index (χ0n) is 11.8. The summed E-state index contributed by atoms with van der Waals surface area (Å²) in [6, 6.07) is 5.52. The predicted octanol–water partition coefficient (Wildman–Crippen LogP) is 1.02. The molecule has 6 heteroatoms. The molecule has 0 bridgehead atoms. The van der Waals surface area contributed by atoms with Crippen molar-refractivity contribution in [1.29, 1.82) is 0 Å². The summed E-state index contributed by atoms with van der Waals surface area (Å²) in [7, 11) is -3.01. The van der Waals surface area contributed by atoms with E-state index in [1.54, 1.807) is 0 Å². The molecule has 2 rings (SSSR count). The molecule has 1 heterocycles. The highest BCUT2D eigenvalue weighted by atomic mass is 32.2. The van der Waals surface area contributed by atoms with Crippen LogP contribution in [0.1, 0.15) is 17.5 Å². The number of hydrogen-bond acceptors (Lipinski definition) is 4. The first-order chi connectivity index (χ1) is 9.37. The van der Waals surface area contributed by atoms with Crippen molar-refractivity contribution in [3.63, 3.8) is 0 Å². The van der Waals surface area contributed by atoms with E-state index in [4.69, 9.17) is 0 Å². The van der Waals surface area contributed by atoms with Crippen LogP contribution in [0.3, 0.4) is 0 Å². The molecular formula is C14H20N2O3S. The summed E-state index contributed by atoms with van der Waals surface area (Å²) in [5.41, 5.74) is 2.82. The summed E-state index contributed by atoms with van der Waals surface area (Å²) in [5, 5.41) is 5.96. The van der Waals surface area contributed by atoms with Gasteiger partial charge in [-0.3, -0.25) is 4.79 Å². The first-order valence-electron chi connectivity index (χ1n) is 6.67. The van der Waals surface area contributed by atoms with Crippen LogP contribution in [-0.2, 0) is 14.6 Å². The zero-order chi connectivity index (χ0) is 14.8. The lowest BCUT2D eigenvalue weighted by Gasteiger charge is -2.23. The van der Waals surface area contributed by atoms with Gasteiger partial charge >= 0.3 is 0 Å². The van der Waals surface area contributed by atoms with Gasteiger partial charge in [0.05, 0.1) is 11.5 Å². The monoisotopic (exact) mass is 296 g/mol. The number of amides is 1. The second-order valence-electron chi connectivity index (χ2n) is 5.28. The van der Waals surface area contributed by atoms with Crippen molar-refractivity contribution in [2.45, 2.75) is 26.3 Å². The number of anilines is 1. The van der Waals surface area contributed by atoms with E-state index in [-0.39, 0.29) is 29.9 Å². The largest absolute Gasteiger partial charge is 0.326 e. The lowest BCUT2D eigenvalue weighted by molar-refractivity contribution is -0.116. The number of benzene rings is 1. The lowest BCUT2D eigenvalue weighted by Crippen LogP contribution is -2.46. The van der Waals surface area contributed by atoms with Crippen LogP contribution < -0.4 is 10.6 Å². The smallest absolute Gasteiger partial charge is 0.225 e. The number of carbonyl (C=O) groups is 1. The minimum absolute atomic E-state index is 0.0349. The molecule has 0 spiro atoms. The molecule has 1 aliphatic heterocycles. The first kappa shape index (κ1) is 15.0. The standard InChI is InChI=1S/C14H20N2O3S/c1-10-4-3-5-11(2)14(10)16-13(17)8-12-9-20(18,19)7-6-15-12/h3-5,12,15H,6-9H2,1-2H3,(H,16,17). The molecule has 0 aliphatic carbocycles. The average molecular weight is 296 g/mol. The van der Waals surface area contributed by atoms with Gasteiger partial charge in [0.1, 0.15) is 0 Å². The molecule has 20 heavy (non-hydrogen) atoms. The van der Waals surface area contributed by atoms with Gasteiger partial charge in [-0.1, -0.05) is 18.2 Å². The van der Waals surface area contributed by atoms with Crippen LogP contribution >= 0.6 is 0 Å². The molecular weight excluding hydrogens is 276 g/mol. The van der Waals surface area contributed by atoms with Crippen molar-refractivity contribution in [2.24, 2.45) is 0 Å². The Bertz CT molecular complexity index is 591. The highest BCUT2D eigenvalue weighted by molar-refractivity contribution is 7.91. The van der Waals surface area contributed by atoms with Crippen LogP contribution in [-0.4, -0.2) is 38.4 Å². The maximum absolute atomic E-state index is 12.1. The van der Waals surface area contributed by atoms with E-state index in [0.717, 1.165) is 16.8 Å². The summed E-state index contributed by atoms with van der Waals surface area (Å²) in [5.74, 6) is 0.0341. The predicted molar refractivity (Wildman–Crippen MR) is 79.6 cm³/mol. The number of para-hydroxylation sites is 1. The number of hydrogen-bond donors (Lipinski definition) is 2. The molecule has 1 aliphatic rings. The fourth-order valence-electron chi connectivity index (χ4n) is 2.42. The van der Waals surface area contributed by atoms with Crippen LogP contribution in [0.4, 0.5) is 5.69 Å². The molecule has 1 saturated heterocycles. The van der Waals surface area contributed by atoms with Gasteiger partial charge < -0.3 is 10.6 Å². The Kier molecular flexibility index (Phi) is 4.45. The molecule has 1 aromatic carbocycles. The summed E-state index contributed by atoms with van der Waals surface area (Å²) in [6.45, 7) is 4.29. The van der Waals surface area contributed by atoms with Gasteiger partial charge in [0.2, 0.25) is 5.91 Å². The van der Waals surface area contributed by atoms with Crippen LogP contribution in [0.2, 0.25) is 0 Å². The van der Waals surface area contributed by atoms with Crippen LogP contribution in [0.5, 0.6) is 0 Å². The SMILES string of the molecule is Cc1cccc(C)c1NC(=O)CC1CS(=O)(=O)CCN1. The van der Waals surface area contributed by atoms with Crippen LogP contribution in [0, 0.1) is 13.8 Å². The highest BCUT2D eigenvalue weighted by Gasteiger charge is 2.26. The van der Waals surface area contributed by atoms with Crippen molar-refractivity contribution < 1.29 is 13.2 Å². The number of rotatable bonds is 3. The van der Waals surface area contributed by atoms with Gasteiger partial charge in [-0.15, -0.1) is 0 Å². The molecule has 1 aromatic rings. The second-order valence-corrected chi connectivity index (χ2v) is 7.51. The van der Waals surface area contributed by atoms with E-state index in [9.17, 15) is 13.2 Å². The minimum Gasteiger partial charge on any atom is -0.326 e. The third-order valence-corrected chi connectivity index (χ3v) is 5.21. The van der Waals surface area contributed by atoms with E-state index in [1.807, 2.05) is 32.0 Å². The van der Waals surface area contributed by atoms with E-state index < -0.39 is 9.84 Å². The molecule has 1 fully saturated rings. The molecule has 1 amide bonds. The second kappa shape index (κ2) is 5.93. The number of aryl methyl sites for hydroxylation is 2. The zero-order valence-corrected chi connectivity index (χ0v) is 12.6. The quantitative estimate of drug-likeness (QED) is 0.873. The maximum Gasteiger partial charge on any atom is 0.225 e. The molecule has 5 nitrogen and oxygen atoms in total. The van der Waals surface area contributed by atoms with Crippen molar-refractivity contribution >= 4 is 21.4 Å². The van der Waals surface area contributed by atoms with Crippen LogP contribution in [0.25, 0.3) is 0 Å². The molecule has 2 N–H and O–H groups in total. The number of carbonyl (C=O) groups excluding carboxylic acids is 1. The van der Waals surface area contributed by atoms with E-state index in [2.05, 4.69) is 10.6 Å². The van der Waals surface area contributed by atoms with Crippen molar-refractivity contribution in [2.75, 3.05) is 23.4 Å². The molecule has 1 atom stereocenters. The fraction of sp³-hybridized carbons (Fsp3) is 0.500. The minimum atomic E-state index is -3.01. The summed E-state index contributed by atoms with van der Waals surface area (Å²) < 4.78 is 23.1. The summed E-state index contributed by atoms with van der Waals surface area (Å²) >= 11 is 0. The Balaban J connectivity index is 1.99. The van der Waals surface area contributed by atoms with Gasteiger partial charge in [0.25, 0.3) is 0 Å². The normalized spacial score (nSPS) is 21.4. The van der Waals surface area contributed by atoms with E-state index in [1.165, 1.54) is 0 Å². The topological polar surface area (TPSA) is 75.3 Å². The Morgan fingerprint density at radius 1 is 1.35 bits per heavy atom.